The SMILES string of the molecule is CC(C)c1cc(-c2nnc(C(=O)NCC3CCN(C(=O)O)CC3)n2-c2cccnc2)c(O)cc1O. The summed E-state index contributed by atoms with van der Waals surface area (Å²) in [6.45, 7) is 5.08. The van der Waals surface area contributed by atoms with E-state index in [1.165, 1.54) is 15.5 Å². The van der Waals surface area contributed by atoms with Crippen molar-refractivity contribution in [3.8, 4) is 28.6 Å². The molecule has 35 heavy (non-hydrogen) atoms. The van der Waals surface area contributed by atoms with Gasteiger partial charge >= 0.3 is 6.09 Å². The van der Waals surface area contributed by atoms with Crippen LogP contribution in [0.5, 0.6) is 11.5 Å². The molecule has 2 amide bonds. The summed E-state index contributed by atoms with van der Waals surface area (Å²) in [5, 5.41) is 41.2. The summed E-state index contributed by atoms with van der Waals surface area (Å²) in [7, 11) is 0. The minimum atomic E-state index is -0.928. The Morgan fingerprint density at radius 2 is 1.89 bits per heavy atom. The maximum atomic E-state index is 13.2. The fraction of sp³-hybridized carbons (Fsp3) is 0.375. The number of hydrogen-bond acceptors (Lipinski definition) is 7. The molecular weight excluding hydrogens is 452 g/mol. The fourth-order valence-corrected chi connectivity index (χ4v) is 4.22. The largest absolute Gasteiger partial charge is 0.508 e. The monoisotopic (exact) mass is 480 g/mol. The van der Waals surface area contributed by atoms with E-state index in [0.717, 1.165) is 0 Å². The second kappa shape index (κ2) is 10.00. The molecule has 1 saturated heterocycles. The molecule has 0 unspecified atom stereocenters. The third-order valence-corrected chi connectivity index (χ3v) is 6.21. The molecule has 0 atom stereocenters. The normalized spacial score (nSPS) is 14.3. The van der Waals surface area contributed by atoms with Gasteiger partial charge in [0, 0.05) is 31.9 Å². The van der Waals surface area contributed by atoms with Gasteiger partial charge in [-0.1, -0.05) is 13.8 Å². The highest BCUT2D eigenvalue weighted by Crippen LogP contribution is 2.38. The van der Waals surface area contributed by atoms with Crippen LogP contribution in [-0.2, 0) is 0 Å². The summed E-state index contributed by atoms with van der Waals surface area (Å²) in [6, 6.07) is 6.37. The van der Waals surface area contributed by atoms with E-state index < -0.39 is 12.0 Å². The molecule has 1 aromatic carbocycles. The predicted molar refractivity (Wildman–Crippen MR) is 127 cm³/mol. The Morgan fingerprint density at radius 1 is 1.14 bits per heavy atom. The zero-order chi connectivity index (χ0) is 25.1. The quantitative estimate of drug-likeness (QED) is 0.420. The van der Waals surface area contributed by atoms with Crippen molar-refractivity contribution in [2.24, 2.45) is 5.92 Å². The van der Waals surface area contributed by atoms with Crippen molar-refractivity contribution in [1.82, 2.24) is 30.0 Å². The number of pyridine rings is 1. The first-order valence-electron chi connectivity index (χ1n) is 11.4. The number of carbonyl (C=O) groups is 2. The van der Waals surface area contributed by atoms with Crippen LogP contribution < -0.4 is 5.32 Å². The lowest BCUT2D eigenvalue weighted by Crippen LogP contribution is -2.41. The minimum absolute atomic E-state index is 0.0144. The van der Waals surface area contributed by atoms with Crippen molar-refractivity contribution < 1.29 is 24.9 Å². The van der Waals surface area contributed by atoms with Crippen LogP contribution in [0.2, 0.25) is 0 Å². The topological polar surface area (TPSA) is 154 Å². The van der Waals surface area contributed by atoms with Crippen LogP contribution in [0, 0.1) is 5.92 Å². The maximum absolute atomic E-state index is 13.2. The summed E-state index contributed by atoms with van der Waals surface area (Å²) < 4.78 is 1.52. The highest BCUT2D eigenvalue weighted by atomic mass is 16.4. The van der Waals surface area contributed by atoms with Gasteiger partial charge < -0.3 is 25.5 Å². The Labute approximate surface area is 202 Å². The molecule has 0 bridgehead atoms. The summed E-state index contributed by atoms with van der Waals surface area (Å²) in [6.07, 6.45) is 3.55. The molecule has 1 fully saturated rings. The van der Waals surface area contributed by atoms with Gasteiger partial charge in [0.1, 0.15) is 11.5 Å². The number of aromatic nitrogens is 4. The van der Waals surface area contributed by atoms with Crippen molar-refractivity contribution in [3.63, 3.8) is 0 Å². The molecular formula is C24H28N6O5. The Hall–Kier alpha value is -4.15. The van der Waals surface area contributed by atoms with Crippen LogP contribution in [0.15, 0.2) is 36.7 Å². The zero-order valence-corrected chi connectivity index (χ0v) is 19.5. The number of phenolic OH excluding ortho intramolecular Hbond substituents is 2. The number of rotatable bonds is 6. The first-order valence-corrected chi connectivity index (χ1v) is 11.4. The van der Waals surface area contributed by atoms with Crippen molar-refractivity contribution >= 4 is 12.0 Å². The lowest BCUT2D eigenvalue weighted by molar-refractivity contribution is 0.0916. The molecule has 2 aromatic heterocycles. The lowest BCUT2D eigenvalue weighted by Gasteiger charge is -2.29. The summed E-state index contributed by atoms with van der Waals surface area (Å²) in [5.41, 5.74) is 1.48. The number of carbonyl (C=O) groups excluding carboxylic acids is 1. The van der Waals surface area contributed by atoms with Gasteiger partial charge in [-0.05, 0) is 48.4 Å². The molecule has 11 nitrogen and oxygen atoms in total. The van der Waals surface area contributed by atoms with Gasteiger partial charge in [-0.2, -0.15) is 0 Å². The highest BCUT2D eigenvalue weighted by molar-refractivity contribution is 5.92. The van der Waals surface area contributed by atoms with Gasteiger partial charge in [-0.3, -0.25) is 14.3 Å². The molecule has 1 aliphatic heterocycles. The predicted octanol–water partition coefficient (Wildman–Crippen LogP) is 2.98. The number of aromatic hydroxyl groups is 2. The van der Waals surface area contributed by atoms with Gasteiger partial charge in [-0.25, -0.2) is 4.79 Å². The van der Waals surface area contributed by atoms with Gasteiger partial charge in [0.2, 0.25) is 5.82 Å². The van der Waals surface area contributed by atoms with Gasteiger partial charge in [0.05, 0.1) is 17.4 Å². The van der Waals surface area contributed by atoms with Gasteiger partial charge in [0.25, 0.3) is 5.91 Å². The second-order valence-electron chi connectivity index (χ2n) is 8.90. The molecule has 0 radical (unpaired) electrons. The van der Waals surface area contributed by atoms with Gasteiger partial charge in [0.15, 0.2) is 5.82 Å². The number of carboxylic acid groups (broad SMARTS) is 1. The van der Waals surface area contributed by atoms with E-state index in [9.17, 15) is 19.8 Å². The summed E-state index contributed by atoms with van der Waals surface area (Å²) >= 11 is 0. The van der Waals surface area contributed by atoms with Crippen LogP contribution in [0.4, 0.5) is 4.79 Å². The van der Waals surface area contributed by atoms with Gasteiger partial charge in [-0.15, -0.1) is 10.2 Å². The van der Waals surface area contributed by atoms with Crippen LogP contribution in [0.3, 0.4) is 0 Å². The van der Waals surface area contributed by atoms with E-state index in [1.807, 2.05) is 13.8 Å². The van der Waals surface area contributed by atoms with Crippen molar-refractivity contribution in [3.05, 3.63) is 48.0 Å². The molecule has 3 heterocycles. The molecule has 11 heteroatoms. The molecule has 3 aromatic rings. The molecule has 4 N–H and O–H groups in total. The van der Waals surface area contributed by atoms with E-state index in [-0.39, 0.29) is 35.0 Å². The van der Waals surface area contributed by atoms with E-state index in [0.29, 0.717) is 49.3 Å². The first kappa shape index (κ1) is 24.0. The van der Waals surface area contributed by atoms with Crippen molar-refractivity contribution in [1.29, 1.82) is 0 Å². The smallest absolute Gasteiger partial charge is 0.407 e. The Balaban J connectivity index is 1.64. The minimum Gasteiger partial charge on any atom is -0.508 e. The van der Waals surface area contributed by atoms with Crippen LogP contribution in [0.25, 0.3) is 17.1 Å². The van der Waals surface area contributed by atoms with E-state index in [2.05, 4.69) is 20.5 Å². The molecule has 1 aliphatic rings. The summed E-state index contributed by atoms with van der Waals surface area (Å²) in [4.78, 5) is 29.8. The lowest BCUT2D eigenvalue weighted by atomic mass is 9.97. The Bertz CT molecular complexity index is 1220. The number of nitrogens with one attached hydrogen (secondary N) is 1. The highest BCUT2D eigenvalue weighted by Gasteiger charge is 2.26. The van der Waals surface area contributed by atoms with Crippen LogP contribution in [-0.4, -0.2) is 71.6 Å². The average Bonchev–Trinajstić information content (AvgIpc) is 3.28. The number of amides is 2. The molecule has 0 spiro atoms. The van der Waals surface area contributed by atoms with E-state index in [1.54, 1.807) is 30.6 Å². The standard InChI is InChI=1S/C24H28N6O5/c1-14(2)17-10-18(20(32)11-19(17)31)21-27-28-22(30(21)16-4-3-7-25-13-16)23(33)26-12-15-5-8-29(9-6-15)24(34)35/h3-4,7,10-11,13-15,31-32H,5-6,8-9,12H2,1-2H3,(H,26,33)(H,34,35). The number of piperidine rings is 1. The van der Waals surface area contributed by atoms with Crippen LogP contribution in [0.1, 0.15) is 48.8 Å². The second-order valence-corrected chi connectivity index (χ2v) is 8.90. The average molecular weight is 481 g/mol. The number of nitrogens with zero attached hydrogens (tertiary/aromatic N) is 5. The molecule has 184 valence electrons. The molecule has 0 saturated carbocycles. The van der Waals surface area contributed by atoms with E-state index >= 15 is 0 Å². The zero-order valence-electron chi connectivity index (χ0n) is 19.5. The van der Waals surface area contributed by atoms with Crippen LogP contribution >= 0.6 is 0 Å². The Kier molecular flexibility index (Phi) is 6.85. The third-order valence-electron chi connectivity index (χ3n) is 6.21. The summed E-state index contributed by atoms with van der Waals surface area (Å²) in [5.74, 6) is -0.275. The number of likely N-dealkylation sites (tertiary alicyclic amines) is 1. The number of benzene rings is 1. The maximum Gasteiger partial charge on any atom is 0.407 e. The van der Waals surface area contributed by atoms with Crippen molar-refractivity contribution in [2.75, 3.05) is 19.6 Å². The van der Waals surface area contributed by atoms with Crippen molar-refractivity contribution in [2.45, 2.75) is 32.6 Å². The van der Waals surface area contributed by atoms with E-state index in [4.69, 9.17) is 5.11 Å². The Morgan fingerprint density at radius 3 is 2.51 bits per heavy atom. The first-order chi connectivity index (χ1) is 16.8. The molecule has 4 rings (SSSR count). The number of phenols is 2. The number of hydrogen-bond donors (Lipinski definition) is 4. The molecule has 0 aliphatic carbocycles. The fourth-order valence-electron chi connectivity index (χ4n) is 4.22. The third kappa shape index (κ3) is 5.03.